The van der Waals surface area contributed by atoms with Crippen LogP contribution in [0.15, 0.2) is 0 Å². The lowest BCUT2D eigenvalue weighted by atomic mass is 10.2. The zero-order valence-electron chi connectivity index (χ0n) is 12.3. The van der Waals surface area contributed by atoms with Gasteiger partial charge in [-0.05, 0) is 13.3 Å². The van der Waals surface area contributed by atoms with Gasteiger partial charge < -0.3 is 9.64 Å². The van der Waals surface area contributed by atoms with Gasteiger partial charge in [0.2, 0.25) is 0 Å². The van der Waals surface area contributed by atoms with Crippen LogP contribution in [0.2, 0.25) is 0 Å². The molecule has 112 valence electrons. The van der Waals surface area contributed by atoms with E-state index in [9.17, 15) is 0 Å². The fourth-order valence-electron chi connectivity index (χ4n) is 3.42. The second kappa shape index (κ2) is 5.92. The Morgan fingerprint density at radius 1 is 1.30 bits per heavy atom. The Bertz CT molecular complexity index is 470. The Labute approximate surface area is 125 Å². The summed E-state index contributed by atoms with van der Waals surface area (Å²) in [5, 5.41) is 4.52. The Balaban J connectivity index is 1.73. The molecule has 5 nitrogen and oxygen atoms in total. The number of morpholine rings is 1. The van der Waals surface area contributed by atoms with Gasteiger partial charge in [0, 0.05) is 44.8 Å². The van der Waals surface area contributed by atoms with Crippen LogP contribution in [0.5, 0.6) is 0 Å². The maximum atomic E-state index is 6.11. The molecule has 6 heteroatoms. The number of nitrogens with zero attached hydrogens (tertiary/aromatic N) is 4. The number of aromatic nitrogens is 2. The van der Waals surface area contributed by atoms with Crippen LogP contribution in [-0.4, -0.2) is 60.1 Å². The smallest absolute Gasteiger partial charge is 0.131 e. The highest BCUT2D eigenvalue weighted by molar-refractivity contribution is 6.17. The van der Waals surface area contributed by atoms with Gasteiger partial charge in [-0.25, -0.2) is 0 Å². The maximum Gasteiger partial charge on any atom is 0.131 e. The summed E-state index contributed by atoms with van der Waals surface area (Å²) in [5.41, 5.74) is 2.23. The van der Waals surface area contributed by atoms with Crippen LogP contribution >= 0.6 is 11.6 Å². The Morgan fingerprint density at radius 2 is 2.05 bits per heavy atom. The molecule has 0 saturated carbocycles. The van der Waals surface area contributed by atoms with Crippen molar-refractivity contribution in [3.63, 3.8) is 0 Å². The van der Waals surface area contributed by atoms with Crippen LogP contribution < -0.4 is 4.90 Å². The molecule has 0 aliphatic carbocycles. The summed E-state index contributed by atoms with van der Waals surface area (Å²) >= 11 is 6.11. The lowest BCUT2D eigenvalue weighted by molar-refractivity contribution is 0.0209. The molecule has 0 spiro atoms. The third-order valence-corrected chi connectivity index (χ3v) is 4.74. The Kier molecular flexibility index (Phi) is 4.19. The fraction of sp³-hybridized carbons (Fsp3) is 0.786. The first-order valence-electron chi connectivity index (χ1n) is 7.36. The monoisotopic (exact) mass is 298 g/mol. The number of rotatable bonds is 3. The van der Waals surface area contributed by atoms with Crippen LogP contribution in [0.25, 0.3) is 0 Å². The van der Waals surface area contributed by atoms with Gasteiger partial charge in [-0.2, -0.15) is 5.10 Å². The zero-order chi connectivity index (χ0) is 14.1. The normalized spacial score (nSPS) is 24.6. The second-order valence-corrected chi connectivity index (χ2v) is 5.95. The molecule has 2 aliphatic rings. The van der Waals surface area contributed by atoms with Crippen LogP contribution in [-0.2, 0) is 17.7 Å². The molecule has 1 aromatic heterocycles. The minimum atomic E-state index is 0.535. The molecular formula is C14H23ClN4O. The summed E-state index contributed by atoms with van der Waals surface area (Å²) in [6, 6.07) is 0.636. The first-order chi connectivity index (χ1) is 9.70. The molecule has 1 aromatic rings. The van der Waals surface area contributed by atoms with Crippen LogP contribution in [0.1, 0.15) is 17.7 Å². The number of ether oxygens (including phenoxy) is 1. The molecule has 1 unspecified atom stereocenters. The predicted octanol–water partition coefficient (Wildman–Crippen LogP) is 1.38. The molecule has 0 amide bonds. The van der Waals surface area contributed by atoms with Gasteiger partial charge in [0.05, 0.1) is 24.8 Å². The van der Waals surface area contributed by atoms with E-state index in [4.69, 9.17) is 16.3 Å². The van der Waals surface area contributed by atoms with Gasteiger partial charge in [-0.1, -0.05) is 0 Å². The van der Waals surface area contributed by atoms with Crippen LogP contribution in [0.3, 0.4) is 0 Å². The van der Waals surface area contributed by atoms with Crippen molar-refractivity contribution < 1.29 is 4.74 Å². The topological polar surface area (TPSA) is 33.5 Å². The van der Waals surface area contributed by atoms with Crippen LogP contribution in [0.4, 0.5) is 5.82 Å². The summed E-state index contributed by atoms with van der Waals surface area (Å²) < 4.78 is 7.42. The van der Waals surface area contributed by atoms with Gasteiger partial charge in [0.25, 0.3) is 0 Å². The van der Waals surface area contributed by atoms with E-state index in [0.717, 1.165) is 45.1 Å². The minimum absolute atomic E-state index is 0.535. The first kappa shape index (κ1) is 14.2. The first-order valence-corrected chi connectivity index (χ1v) is 7.89. The standard InChI is InChI=1S/C14H23ClN4O/c1-11-13(9-15)14(17(2)16-11)19-4-3-12(10-19)18-5-7-20-8-6-18/h12H,3-10H2,1-2H3. The average molecular weight is 299 g/mol. The number of hydrogen-bond donors (Lipinski definition) is 0. The van der Waals surface area contributed by atoms with Crippen molar-refractivity contribution in [2.45, 2.75) is 25.3 Å². The van der Waals surface area contributed by atoms with Gasteiger partial charge in [0.1, 0.15) is 5.82 Å². The van der Waals surface area contributed by atoms with Crippen molar-refractivity contribution >= 4 is 17.4 Å². The number of alkyl halides is 1. The van der Waals surface area contributed by atoms with E-state index in [1.54, 1.807) is 0 Å². The maximum absolute atomic E-state index is 6.11. The van der Waals surface area contributed by atoms with Crippen molar-refractivity contribution in [2.75, 3.05) is 44.3 Å². The molecule has 2 aliphatic heterocycles. The van der Waals surface area contributed by atoms with E-state index in [0.29, 0.717) is 11.9 Å². The lowest BCUT2D eigenvalue weighted by Gasteiger charge is -2.32. The van der Waals surface area contributed by atoms with Crippen LogP contribution in [0, 0.1) is 6.92 Å². The number of halogens is 1. The van der Waals surface area contributed by atoms with Crippen molar-refractivity contribution in [3.8, 4) is 0 Å². The number of anilines is 1. The number of hydrogen-bond acceptors (Lipinski definition) is 4. The highest BCUT2D eigenvalue weighted by Gasteiger charge is 2.31. The Morgan fingerprint density at radius 3 is 2.75 bits per heavy atom. The summed E-state index contributed by atoms with van der Waals surface area (Å²) in [7, 11) is 2.01. The fourth-order valence-corrected chi connectivity index (χ4v) is 3.73. The van der Waals surface area contributed by atoms with Gasteiger partial charge in [0.15, 0.2) is 0 Å². The quantitative estimate of drug-likeness (QED) is 0.790. The summed E-state index contributed by atoms with van der Waals surface area (Å²) in [6.45, 7) is 8.06. The minimum Gasteiger partial charge on any atom is -0.379 e. The van der Waals surface area contributed by atoms with Gasteiger partial charge in [-0.15, -0.1) is 11.6 Å². The summed E-state index contributed by atoms with van der Waals surface area (Å²) in [5.74, 6) is 1.74. The molecule has 0 bridgehead atoms. The van der Waals surface area contributed by atoms with Gasteiger partial charge in [-0.3, -0.25) is 9.58 Å². The molecule has 0 aromatic carbocycles. The molecule has 0 radical (unpaired) electrons. The SMILES string of the molecule is Cc1nn(C)c(N2CCC(N3CCOCC3)C2)c1CCl. The summed E-state index contributed by atoms with van der Waals surface area (Å²) in [6.07, 6.45) is 1.21. The third-order valence-electron chi connectivity index (χ3n) is 4.47. The average Bonchev–Trinajstić information content (AvgIpc) is 3.03. The summed E-state index contributed by atoms with van der Waals surface area (Å²) in [4.78, 5) is 5.00. The molecular weight excluding hydrogens is 276 g/mol. The van der Waals surface area contributed by atoms with E-state index in [1.807, 2.05) is 18.7 Å². The Hall–Kier alpha value is -0.780. The predicted molar refractivity (Wildman–Crippen MR) is 80.5 cm³/mol. The highest BCUT2D eigenvalue weighted by atomic mass is 35.5. The molecule has 1 atom stereocenters. The van der Waals surface area contributed by atoms with E-state index in [-0.39, 0.29) is 0 Å². The molecule has 3 rings (SSSR count). The molecule has 3 heterocycles. The molecule has 0 N–H and O–H groups in total. The van der Waals surface area contributed by atoms with Crippen molar-refractivity contribution in [1.82, 2.24) is 14.7 Å². The molecule has 2 saturated heterocycles. The van der Waals surface area contributed by atoms with Gasteiger partial charge >= 0.3 is 0 Å². The van der Waals surface area contributed by atoms with Crippen molar-refractivity contribution in [2.24, 2.45) is 7.05 Å². The van der Waals surface area contributed by atoms with E-state index in [2.05, 4.69) is 14.9 Å². The van der Waals surface area contributed by atoms with E-state index < -0.39 is 0 Å². The number of aryl methyl sites for hydroxylation is 2. The van der Waals surface area contributed by atoms with E-state index in [1.165, 1.54) is 17.8 Å². The van der Waals surface area contributed by atoms with Crippen molar-refractivity contribution in [3.05, 3.63) is 11.3 Å². The zero-order valence-corrected chi connectivity index (χ0v) is 13.1. The lowest BCUT2D eigenvalue weighted by Crippen LogP contribution is -2.44. The van der Waals surface area contributed by atoms with Crippen molar-refractivity contribution in [1.29, 1.82) is 0 Å². The molecule has 20 heavy (non-hydrogen) atoms. The largest absolute Gasteiger partial charge is 0.379 e. The highest BCUT2D eigenvalue weighted by Crippen LogP contribution is 2.29. The second-order valence-electron chi connectivity index (χ2n) is 5.68. The van der Waals surface area contributed by atoms with E-state index >= 15 is 0 Å². The third kappa shape index (κ3) is 2.54. The molecule has 2 fully saturated rings.